The first kappa shape index (κ1) is 24.4. The van der Waals surface area contributed by atoms with Gasteiger partial charge in [-0.15, -0.1) is 11.3 Å². The van der Waals surface area contributed by atoms with E-state index in [0.29, 0.717) is 10.7 Å². The van der Waals surface area contributed by atoms with Gasteiger partial charge in [0.2, 0.25) is 5.91 Å². The largest absolute Gasteiger partial charge is 0.477 e. The van der Waals surface area contributed by atoms with Gasteiger partial charge >= 0.3 is 12.1 Å². The summed E-state index contributed by atoms with van der Waals surface area (Å²) in [4.78, 5) is 40.7. The summed E-state index contributed by atoms with van der Waals surface area (Å²) in [6.45, 7) is 1.69. The predicted molar refractivity (Wildman–Crippen MR) is 130 cm³/mol. The minimum Gasteiger partial charge on any atom is -0.477 e. The Hall–Kier alpha value is -3.76. The van der Waals surface area contributed by atoms with Crippen LogP contribution in [-0.2, 0) is 20.8 Å². The Labute approximate surface area is 206 Å². The van der Waals surface area contributed by atoms with Crippen molar-refractivity contribution in [3.05, 3.63) is 75.2 Å². The number of carbonyl (C=O) groups is 3. The molecule has 0 saturated heterocycles. The van der Waals surface area contributed by atoms with E-state index in [2.05, 4.69) is 27.8 Å². The van der Waals surface area contributed by atoms with Crippen LogP contribution in [0.25, 0.3) is 11.1 Å². The van der Waals surface area contributed by atoms with Crippen LogP contribution < -0.4 is 10.6 Å². The number of hydrogen-bond acceptors (Lipinski definition) is 7. The molecule has 3 aromatic rings. The number of rotatable bonds is 9. The maximum atomic E-state index is 12.7. The number of amides is 2. The first-order chi connectivity index (χ1) is 16.9. The number of hydrogen-bond donors (Lipinski definition) is 3. The highest BCUT2D eigenvalue weighted by Gasteiger charge is 2.30. The predicted octanol–water partition coefficient (Wildman–Crippen LogP) is 3.32. The van der Waals surface area contributed by atoms with Crippen molar-refractivity contribution in [1.82, 2.24) is 15.6 Å². The molecule has 1 heterocycles. The third kappa shape index (κ3) is 5.33. The number of benzene rings is 2. The molecule has 9 nitrogen and oxygen atoms in total. The van der Waals surface area contributed by atoms with E-state index < -0.39 is 24.0 Å². The van der Waals surface area contributed by atoms with E-state index in [0.717, 1.165) is 33.6 Å². The van der Waals surface area contributed by atoms with Crippen molar-refractivity contribution in [2.24, 2.45) is 0 Å². The number of methoxy groups -OCH3 is 1. The van der Waals surface area contributed by atoms with Gasteiger partial charge < -0.3 is 25.2 Å². The molecule has 10 heteroatoms. The van der Waals surface area contributed by atoms with Crippen molar-refractivity contribution in [2.45, 2.75) is 25.4 Å². The van der Waals surface area contributed by atoms with Crippen LogP contribution in [0.15, 0.2) is 48.5 Å². The lowest BCUT2D eigenvalue weighted by atomic mass is 9.98. The van der Waals surface area contributed by atoms with Gasteiger partial charge in [0.15, 0.2) is 0 Å². The van der Waals surface area contributed by atoms with Crippen LogP contribution in [0.5, 0.6) is 0 Å². The van der Waals surface area contributed by atoms with Crippen LogP contribution in [-0.4, -0.2) is 54.4 Å². The molecule has 1 aliphatic carbocycles. The highest BCUT2D eigenvalue weighted by molar-refractivity contribution is 7.13. The molecule has 0 spiro atoms. The number of alkyl carbamates (subject to hydrolysis) is 1. The molecule has 1 aliphatic rings. The molecule has 0 saturated carbocycles. The second-order valence-electron chi connectivity index (χ2n) is 8.02. The fourth-order valence-corrected chi connectivity index (χ4v) is 4.99. The molecular weight excluding hydrogens is 470 g/mol. The molecule has 35 heavy (non-hydrogen) atoms. The van der Waals surface area contributed by atoms with Crippen LogP contribution >= 0.6 is 11.3 Å². The van der Waals surface area contributed by atoms with Crippen molar-refractivity contribution in [1.29, 1.82) is 0 Å². The van der Waals surface area contributed by atoms with E-state index >= 15 is 0 Å². The van der Waals surface area contributed by atoms with Crippen molar-refractivity contribution >= 4 is 29.3 Å². The Morgan fingerprint density at radius 3 is 2.29 bits per heavy atom. The first-order valence-corrected chi connectivity index (χ1v) is 11.8. The second kappa shape index (κ2) is 10.7. The Morgan fingerprint density at radius 1 is 1.09 bits per heavy atom. The van der Waals surface area contributed by atoms with E-state index in [1.165, 1.54) is 7.11 Å². The number of fused-ring (bicyclic) bond motifs is 3. The summed E-state index contributed by atoms with van der Waals surface area (Å²) >= 11 is 0.991. The zero-order valence-electron chi connectivity index (χ0n) is 19.2. The topological polar surface area (TPSA) is 127 Å². The van der Waals surface area contributed by atoms with E-state index in [-0.39, 0.29) is 30.6 Å². The fourth-order valence-electron chi connectivity index (χ4n) is 4.14. The summed E-state index contributed by atoms with van der Waals surface area (Å²) in [7, 11) is 1.42. The lowest BCUT2D eigenvalue weighted by Gasteiger charge is -2.19. The van der Waals surface area contributed by atoms with Crippen LogP contribution in [0.4, 0.5) is 4.79 Å². The number of thiazole rings is 1. The number of carboxylic acid groups (broad SMARTS) is 1. The Balaban J connectivity index is 1.35. The number of aromatic carboxylic acids is 1. The molecule has 0 aliphatic heterocycles. The summed E-state index contributed by atoms with van der Waals surface area (Å²) in [6.07, 6.45) is -0.734. The van der Waals surface area contributed by atoms with Gasteiger partial charge in [-0.3, -0.25) is 4.79 Å². The normalized spacial score (nSPS) is 13.0. The monoisotopic (exact) mass is 495 g/mol. The van der Waals surface area contributed by atoms with E-state index in [9.17, 15) is 14.4 Å². The summed E-state index contributed by atoms with van der Waals surface area (Å²) < 4.78 is 10.6. The lowest BCUT2D eigenvalue weighted by Crippen LogP contribution is -2.49. The average Bonchev–Trinajstić information content (AvgIpc) is 3.38. The van der Waals surface area contributed by atoms with Crippen LogP contribution in [0.1, 0.15) is 37.4 Å². The molecule has 2 aromatic carbocycles. The van der Waals surface area contributed by atoms with Crippen molar-refractivity contribution in [3.8, 4) is 11.1 Å². The summed E-state index contributed by atoms with van der Waals surface area (Å²) in [5.74, 6) is -1.66. The molecule has 0 fully saturated rings. The second-order valence-corrected chi connectivity index (χ2v) is 9.11. The lowest BCUT2D eigenvalue weighted by molar-refractivity contribution is -0.124. The molecule has 2 amide bonds. The number of nitrogens with zero attached hydrogens (tertiary/aromatic N) is 1. The molecule has 1 aromatic heterocycles. The smallest absolute Gasteiger partial charge is 0.407 e. The van der Waals surface area contributed by atoms with Gasteiger partial charge in [-0.1, -0.05) is 48.5 Å². The van der Waals surface area contributed by atoms with E-state index in [1.54, 1.807) is 6.92 Å². The third-order valence-corrected chi connectivity index (χ3v) is 6.88. The van der Waals surface area contributed by atoms with Gasteiger partial charge in [0.05, 0.1) is 18.8 Å². The zero-order valence-corrected chi connectivity index (χ0v) is 20.1. The standard InChI is InChI=1S/C25H25N3O6S/c1-14-22(24(30)31)35-21(27-14)11-26-23(29)20(13-33-2)28-25(32)34-12-19-17-9-5-3-7-15(17)16-8-4-6-10-18(16)19/h3-10,19-20H,11-13H2,1-2H3,(H,26,29)(H,28,32)(H,30,31). The van der Waals surface area contributed by atoms with Gasteiger partial charge in [-0.25, -0.2) is 14.6 Å². The van der Waals surface area contributed by atoms with Crippen LogP contribution in [0.3, 0.4) is 0 Å². The van der Waals surface area contributed by atoms with Gasteiger partial charge in [0.1, 0.15) is 22.5 Å². The first-order valence-electron chi connectivity index (χ1n) is 11.0. The molecule has 1 unspecified atom stereocenters. The summed E-state index contributed by atoms with van der Waals surface area (Å²) in [6, 6.07) is 15.0. The number of ether oxygens (including phenoxy) is 2. The molecule has 0 radical (unpaired) electrons. The van der Waals surface area contributed by atoms with Gasteiger partial charge in [0, 0.05) is 13.0 Å². The summed E-state index contributed by atoms with van der Waals surface area (Å²) in [5.41, 5.74) is 4.81. The molecule has 182 valence electrons. The molecule has 0 bridgehead atoms. The average molecular weight is 496 g/mol. The fraction of sp³-hybridized carbons (Fsp3) is 0.280. The summed E-state index contributed by atoms with van der Waals surface area (Å²) in [5, 5.41) is 14.8. The number of aromatic nitrogens is 1. The van der Waals surface area contributed by atoms with Crippen molar-refractivity contribution in [3.63, 3.8) is 0 Å². The highest BCUT2D eigenvalue weighted by atomic mass is 32.1. The highest BCUT2D eigenvalue weighted by Crippen LogP contribution is 2.44. The molecule has 3 N–H and O–H groups in total. The van der Waals surface area contributed by atoms with Crippen LogP contribution in [0.2, 0.25) is 0 Å². The maximum Gasteiger partial charge on any atom is 0.407 e. The molecule has 1 atom stereocenters. The van der Waals surface area contributed by atoms with Gasteiger partial charge in [-0.2, -0.15) is 0 Å². The van der Waals surface area contributed by atoms with E-state index in [4.69, 9.17) is 14.6 Å². The third-order valence-electron chi connectivity index (χ3n) is 5.73. The van der Waals surface area contributed by atoms with Gasteiger partial charge in [0.25, 0.3) is 0 Å². The van der Waals surface area contributed by atoms with Gasteiger partial charge in [-0.05, 0) is 29.2 Å². The Bertz CT molecular complexity index is 1210. The number of nitrogens with one attached hydrogen (secondary N) is 2. The number of carbonyl (C=O) groups excluding carboxylic acids is 2. The molecule has 4 rings (SSSR count). The van der Waals surface area contributed by atoms with E-state index in [1.807, 2.05) is 36.4 Å². The Kier molecular flexibility index (Phi) is 7.42. The Morgan fingerprint density at radius 2 is 1.71 bits per heavy atom. The van der Waals surface area contributed by atoms with Crippen molar-refractivity contribution < 1.29 is 29.0 Å². The van der Waals surface area contributed by atoms with Crippen LogP contribution in [0, 0.1) is 6.92 Å². The quantitative estimate of drug-likeness (QED) is 0.416. The molecular formula is C25H25N3O6S. The number of carboxylic acids is 1. The zero-order chi connectivity index (χ0) is 24.9. The van der Waals surface area contributed by atoms with Crippen molar-refractivity contribution in [2.75, 3.05) is 20.3 Å². The maximum absolute atomic E-state index is 12.7. The minimum atomic E-state index is -1.06. The number of aryl methyl sites for hydroxylation is 1. The minimum absolute atomic E-state index is 0.0319. The SMILES string of the molecule is COCC(NC(=O)OCC1c2ccccc2-c2ccccc21)C(=O)NCc1nc(C)c(C(=O)O)s1.